The summed E-state index contributed by atoms with van der Waals surface area (Å²) in [5, 5.41) is 21.0. The van der Waals surface area contributed by atoms with Gasteiger partial charge < -0.3 is 10.2 Å². The van der Waals surface area contributed by atoms with Crippen LogP contribution in [0.15, 0.2) is 24.3 Å². The standard InChI is InChI=1S/C12H12O2/c1-7-3-4-9-6-11(13)8(2)12(14)10(9)5-7/h3-6,13-14H,1-2H3. The van der Waals surface area contributed by atoms with Crippen molar-refractivity contribution in [3.05, 3.63) is 35.4 Å². The smallest absolute Gasteiger partial charge is 0.130 e. The maximum atomic E-state index is 9.80. The van der Waals surface area contributed by atoms with E-state index in [2.05, 4.69) is 0 Å². The SMILES string of the molecule is Cc1ccc2cc(O)c(C)c(O)c2c1. The molecule has 0 aliphatic heterocycles. The first kappa shape index (κ1) is 8.88. The molecule has 0 aromatic heterocycles. The van der Waals surface area contributed by atoms with Crippen LogP contribution in [0.5, 0.6) is 11.5 Å². The van der Waals surface area contributed by atoms with Crippen molar-refractivity contribution in [2.24, 2.45) is 0 Å². The van der Waals surface area contributed by atoms with Crippen molar-refractivity contribution >= 4 is 10.8 Å². The topological polar surface area (TPSA) is 40.5 Å². The monoisotopic (exact) mass is 188 g/mol. The normalized spacial score (nSPS) is 10.7. The van der Waals surface area contributed by atoms with E-state index in [1.165, 1.54) is 0 Å². The summed E-state index contributed by atoms with van der Waals surface area (Å²) >= 11 is 0. The first-order valence-corrected chi connectivity index (χ1v) is 4.51. The number of benzene rings is 2. The van der Waals surface area contributed by atoms with Crippen LogP contribution >= 0.6 is 0 Å². The van der Waals surface area contributed by atoms with E-state index in [0.717, 1.165) is 16.3 Å². The number of aromatic hydroxyl groups is 2. The van der Waals surface area contributed by atoms with Crippen molar-refractivity contribution in [3.8, 4) is 11.5 Å². The lowest BCUT2D eigenvalue weighted by Gasteiger charge is -2.07. The molecule has 0 saturated heterocycles. The van der Waals surface area contributed by atoms with Crippen LogP contribution in [0.2, 0.25) is 0 Å². The van der Waals surface area contributed by atoms with Crippen molar-refractivity contribution in [3.63, 3.8) is 0 Å². The van der Waals surface area contributed by atoms with E-state index < -0.39 is 0 Å². The highest BCUT2D eigenvalue weighted by Crippen LogP contribution is 2.34. The van der Waals surface area contributed by atoms with Crippen LogP contribution in [0.4, 0.5) is 0 Å². The van der Waals surface area contributed by atoms with Crippen LogP contribution in [0.3, 0.4) is 0 Å². The van der Waals surface area contributed by atoms with Gasteiger partial charge in [-0.05, 0) is 31.4 Å². The Hall–Kier alpha value is -1.70. The Kier molecular flexibility index (Phi) is 1.84. The highest BCUT2D eigenvalue weighted by atomic mass is 16.3. The summed E-state index contributed by atoms with van der Waals surface area (Å²) in [6.07, 6.45) is 0. The van der Waals surface area contributed by atoms with Gasteiger partial charge in [0.15, 0.2) is 0 Å². The van der Waals surface area contributed by atoms with Crippen molar-refractivity contribution in [1.82, 2.24) is 0 Å². The largest absolute Gasteiger partial charge is 0.508 e. The van der Waals surface area contributed by atoms with Gasteiger partial charge in [-0.1, -0.05) is 17.7 Å². The highest BCUT2D eigenvalue weighted by molar-refractivity contribution is 5.91. The van der Waals surface area contributed by atoms with Crippen molar-refractivity contribution in [2.75, 3.05) is 0 Å². The van der Waals surface area contributed by atoms with E-state index in [-0.39, 0.29) is 11.5 Å². The van der Waals surface area contributed by atoms with Gasteiger partial charge in [-0.25, -0.2) is 0 Å². The van der Waals surface area contributed by atoms with Gasteiger partial charge in [-0.3, -0.25) is 0 Å². The number of fused-ring (bicyclic) bond motifs is 1. The molecule has 0 saturated carbocycles. The third kappa shape index (κ3) is 1.20. The Labute approximate surface area is 82.4 Å². The third-order valence-corrected chi connectivity index (χ3v) is 2.50. The number of hydrogen-bond donors (Lipinski definition) is 2. The summed E-state index contributed by atoms with van der Waals surface area (Å²) in [7, 11) is 0. The van der Waals surface area contributed by atoms with Crippen LogP contribution < -0.4 is 0 Å². The zero-order valence-corrected chi connectivity index (χ0v) is 8.20. The Morgan fingerprint density at radius 1 is 1.00 bits per heavy atom. The van der Waals surface area contributed by atoms with Crippen molar-refractivity contribution < 1.29 is 10.2 Å². The van der Waals surface area contributed by atoms with E-state index >= 15 is 0 Å². The van der Waals surface area contributed by atoms with Crippen LogP contribution in [-0.4, -0.2) is 10.2 Å². The van der Waals surface area contributed by atoms with Crippen LogP contribution in [0.1, 0.15) is 11.1 Å². The average molecular weight is 188 g/mol. The first-order valence-electron chi connectivity index (χ1n) is 4.51. The predicted molar refractivity (Wildman–Crippen MR) is 56.8 cm³/mol. The lowest BCUT2D eigenvalue weighted by atomic mass is 10.0. The first-order chi connectivity index (χ1) is 6.59. The predicted octanol–water partition coefficient (Wildman–Crippen LogP) is 2.87. The summed E-state index contributed by atoms with van der Waals surface area (Å²) in [6.45, 7) is 3.67. The van der Waals surface area contributed by atoms with E-state index in [9.17, 15) is 10.2 Å². The summed E-state index contributed by atoms with van der Waals surface area (Å²) < 4.78 is 0. The number of phenols is 2. The maximum Gasteiger partial charge on any atom is 0.130 e. The molecular weight excluding hydrogens is 176 g/mol. The Balaban J connectivity index is 2.92. The van der Waals surface area contributed by atoms with E-state index in [1.807, 2.05) is 25.1 Å². The number of rotatable bonds is 0. The summed E-state index contributed by atoms with van der Waals surface area (Å²) in [6, 6.07) is 7.43. The fourth-order valence-corrected chi connectivity index (χ4v) is 1.58. The minimum Gasteiger partial charge on any atom is -0.508 e. The lowest BCUT2D eigenvalue weighted by molar-refractivity contribution is 0.448. The minimum atomic E-state index is 0.138. The van der Waals surface area contributed by atoms with Crippen molar-refractivity contribution in [2.45, 2.75) is 13.8 Å². The van der Waals surface area contributed by atoms with Crippen LogP contribution in [-0.2, 0) is 0 Å². The summed E-state index contributed by atoms with van der Waals surface area (Å²) in [4.78, 5) is 0. The Morgan fingerprint density at radius 2 is 1.71 bits per heavy atom. The number of phenolic OH excluding ortho intramolecular Hbond substituents is 2. The quantitative estimate of drug-likeness (QED) is 0.667. The second-order valence-electron chi connectivity index (χ2n) is 3.59. The average Bonchev–Trinajstić information content (AvgIpc) is 2.16. The third-order valence-electron chi connectivity index (χ3n) is 2.50. The molecule has 2 rings (SSSR count). The molecule has 2 nitrogen and oxygen atoms in total. The molecule has 2 aromatic carbocycles. The molecule has 0 heterocycles. The second kappa shape index (κ2) is 2.91. The molecule has 0 unspecified atom stereocenters. The molecule has 2 aromatic rings. The molecule has 0 aliphatic carbocycles. The van der Waals surface area contributed by atoms with Crippen LogP contribution in [0, 0.1) is 13.8 Å². The molecule has 0 radical (unpaired) electrons. The molecule has 2 N–H and O–H groups in total. The molecular formula is C12H12O2. The van der Waals surface area contributed by atoms with Gasteiger partial charge in [0.25, 0.3) is 0 Å². The maximum absolute atomic E-state index is 9.80. The van der Waals surface area contributed by atoms with Gasteiger partial charge in [0.2, 0.25) is 0 Å². The van der Waals surface area contributed by atoms with E-state index in [0.29, 0.717) is 5.56 Å². The van der Waals surface area contributed by atoms with Gasteiger partial charge in [0.1, 0.15) is 11.5 Å². The molecule has 0 spiro atoms. The van der Waals surface area contributed by atoms with Gasteiger partial charge in [-0.2, -0.15) is 0 Å². The fourth-order valence-electron chi connectivity index (χ4n) is 1.58. The molecule has 72 valence electrons. The molecule has 0 amide bonds. The van der Waals surface area contributed by atoms with Crippen LogP contribution in [0.25, 0.3) is 10.8 Å². The fraction of sp³-hybridized carbons (Fsp3) is 0.167. The number of aryl methyl sites for hydroxylation is 1. The molecule has 0 fully saturated rings. The molecule has 2 heteroatoms. The van der Waals surface area contributed by atoms with Crippen molar-refractivity contribution in [1.29, 1.82) is 0 Å². The Bertz CT molecular complexity index is 501. The van der Waals surface area contributed by atoms with E-state index in [1.54, 1.807) is 13.0 Å². The number of hydrogen-bond acceptors (Lipinski definition) is 2. The zero-order chi connectivity index (χ0) is 10.3. The van der Waals surface area contributed by atoms with Gasteiger partial charge >= 0.3 is 0 Å². The molecule has 0 bridgehead atoms. The Morgan fingerprint density at radius 3 is 2.43 bits per heavy atom. The second-order valence-corrected chi connectivity index (χ2v) is 3.59. The van der Waals surface area contributed by atoms with Gasteiger partial charge in [-0.15, -0.1) is 0 Å². The molecule has 14 heavy (non-hydrogen) atoms. The highest BCUT2D eigenvalue weighted by Gasteiger charge is 2.07. The summed E-state index contributed by atoms with van der Waals surface area (Å²) in [5.74, 6) is 0.308. The summed E-state index contributed by atoms with van der Waals surface area (Å²) in [5.41, 5.74) is 1.63. The van der Waals surface area contributed by atoms with Gasteiger partial charge in [0.05, 0.1) is 0 Å². The van der Waals surface area contributed by atoms with E-state index in [4.69, 9.17) is 0 Å². The zero-order valence-electron chi connectivity index (χ0n) is 8.20. The van der Waals surface area contributed by atoms with Gasteiger partial charge in [0, 0.05) is 10.9 Å². The lowest BCUT2D eigenvalue weighted by Crippen LogP contribution is -1.81. The molecule has 0 atom stereocenters. The minimum absolute atomic E-state index is 0.138. The molecule has 0 aliphatic rings.